The Bertz CT molecular complexity index is 553. The molecule has 0 spiro atoms. The van der Waals surface area contributed by atoms with Crippen LogP contribution >= 0.6 is 11.8 Å². The summed E-state index contributed by atoms with van der Waals surface area (Å²) in [7, 11) is 0. The van der Waals surface area contributed by atoms with Gasteiger partial charge < -0.3 is 5.73 Å². The van der Waals surface area contributed by atoms with Gasteiger partial charge in [-0.15, -0.1) is 11.8 Å². The number of aryl methyl sites for hydroxylation is 1. The Morgan fingerprint density at radius 2 is 1.85 bits per heavy atom. The number of thioether (sulfide) groups is 1. The Hall–Kier alpha value is -1.32. The zero-order valence-corrected chi connectivity index (χ0v) is 12.7. The van der Waals surface area contributed by atoms with Gasteiger partial charge in [0.05, 0.1) is 0 Å². The van der Waals surface area contributed by atoms with Gasteiger partial charge in [-0.3, -0.25) is 0 Å². The molecule has 0 bridgehead atoms. The first-order chi connectivity index (χ1) is 9.60. The summed E-state index contributed by atoms with van der Waals surface area (Å²) in [5, 5.41) is 0.0680. The second-order valence-electron chi connectivity index (χ2n) is 4.98. The van der Waals surface area contributed by atoms with Gasteiger partial charge in [-0.05, 0) is 43.2 Å². The number of hydrogen-bond donors (Lipinski definition) is 1. The van der Waals surface area contributed by atoms with Crippen molar-refractivity contribution in [2.45, 2.75) is 36.5 Å². The largest absolute Gasteiger partial charge is 0.326 e. The molecule has 20 heavy (non-hydrogen) atoms. The van der Waals surface area contributed by atoms with Crippen molar-refractivity contribution in [3.05, 3.63) is 65.5 Å². The van der Waals surface area contributed by atoms with Crippen molar-refractivity contribution >= 4 is 11.8 Å². The third-order valence-corrected chi connectivity index (χ3v) is 4.74. The monoisotopic (exact) mass is 289 g/mol. The lowest BCUT2D eigenvalue weighted by Crippen LogP contribution is -2.25. The van der Waals surface area contributed by atoms with Crippen molar-refractivity contribution < 1.29 is 4.39 Å². The van der Waals surface area contributed by atoms with Crippen molar-refractivity contribution in [1.29, 1.82) is 0 Å². The van der Waals surface area contributed by atoms with Crippen molar-refractivity contribution in [3.8, 4) is 0 Å². The number of benzene rings is 2. The van der Waals surface area contributed by atoms with E-state index >= 15 is 0 Å². The van der Waals surface area contributed by atoms with E-state index in [1.807, 2.05) is 6.07 Å². The summed E-state index contributed by atoms with van der Waals surface area (Å²) in [5.74, 6) is -0.208. The Balaban J connectivity index is 2.26. The molecule has 2 rings (SSSR count). The van der Waals surface area contributed by atoms with E-state index < -0.39 is 0 Å². The van der Waals surface area contributed by atoms with E-state index in [1.54, 1.807) is 23.9 Å². The average molecular weight is 289 g/mol. The van der Waals surface area contributed by atoms with Crippen LogP contribution in [0.1, 0.15) is 29.7 Å². The van der Waals surface area contributed by atoms with E-state index in [4.69, 9.17) is 5.73 Å². The molecule has 2 aromatic carbocycles. The fraction of sp³-hybridized carbons (Fsp3) is 0.294. The molecule has 2 N–H and O–H groups in total. The summed E-state index contributed by atoms with van der Waals surface area (Å²) < 4.78 is 13.4. The first-order valence-electron chi connectivity index (χ1n) is 6.84. The Labute approximate surface area is 124 Å². The normalized spacial score (nSPS) is 14.0. The second kappa shape index (κ2) is 6.91. The minimum absolute atomic E-state index is 0.00287. The van der Waals surface area contributed by atoms with Crippen LogP contribution in [0.3, 0.4) is 0 Å². The maximum atomic E-state index is 13.4. The summed E-state index contributed by atoms with van der Waals surface area (Å²) in [4.78, 5) is 1.16. The van der Waals surface area contributed by atoms with E-state index in [0.717, 1.165) is 16.9 Å². The quantitative estimate of drug-likeness (QED) is 0.807. The van der Waals surface area contributed by atoms with Gasteiger partial charge in [0.25, 0.3) is 0 Å². The van der Waals surface area contributed by atoms with Crippen LogP contribution in [-0.4, -0.2) is 6.04 Å². The Kier molecular flexibility index (Phi) is 5.21. The van der Waals surface area contributed by atoms with Gasteiger partial charge in [-0.2, -0.15) is 0 Å². The third kappa shape index (κ3) is 3.84. The second-order valence-corrected chi connectivity index (χ2v) is 6.19. The predicted octanol–water partition coefficient (Wildman–Crippen LogP) is 4.70. The molecular weight excluding hydrogens is 269 g/mol. The highest BCUT2D eigenvalue weighted by molar-refractivity contribution is 7.99. The first-order valence-corrected chi connectivity index (χ1v) is 7.72. The standard InChI is InChI=1S/C17H20FNS/c1-3-16(19)17(13-5-4-6-14(18)11-13)20-15-9-7-12(2)8-10-15/h4-11,16-17H,3,19H2,1-2H3. The van der Waals surface area contributed by atoms with Crippen LogP contribution in [0.5, 0.6) is 0 Å². The van der Waals surface area contributed by atoms with Crippen molar-refractivity contribution in [2.24, 2.45) is 5.73 Å². The SMILES string of the molecule is CCC(N)C(Sc1ccc(C)cc1)c1cccc(F)c1. The van der Waals surface area contributed by atoms with Crippen LogP contribution in [0.4, 0.5) is 4.39 Å². The minimum Gasteiger partial charge on any atom is -0.326 e. The predicted molar refractivity (Wildman–Crippen MR) is 84.4 cm³/mol. The number of rotatable bonds is 5. The molecule has 0 heterocycles. The lowest BCUT2D eigenvalue weighted by atomic mass is 10.0. The lowest BCUT2D eigenvalue weighted by Gasteiger charge is -2.23. The number of halogens is 1. The van der Waals surface area contributed by atoms with Crippen LogP contribution in [0.25, 0.3) is 0 Å². The molecule has 1 nitrogen and oxygen atoms in total. The van der Waals surface area contributed by atoms with E-state index in [2.05, 4.69) is 38.1 Å². The molecule has 0 amide bonds. The molecule has 2 unspecified atom stereocenters. The number of hydrogen-bond acceptors (Lipinski definition) is 2. The van der Waals surface area contributed by atoms with Crippen molar-refractivity contribution in [2.75, 3.05) is 0 Å². The summed E-state index contributed by atoms with van der Waals surface area (Å²) in [6.45, 7) is 4.13. The number of nitrogens with two attached hydrogens (primary N) is 1. The molecule has 0 saturated carbocycles. The average Bonchev–Trinajstić information content (AvgIpc) is 2.46. The summed E-state index contributed by atoms with van der Waals surface area (Å²) in [5.41, 5.74) is 8.42. The summed E-state index contributed by atoms with van der Waals surface area (Å²) in [6, 6.07) is 15.1. The zero-order valence-electron chi connectivity index (χ0n) is 11.8. The highest BCUT2D eigenvalue weighted by Crippen LogP contribution is 2.38. The Morgan fingerprint density at radius 1 is 1.15 bits per heavy atom. The first kappa shape index (κ1) is 15.1. The van der Waals surface area contributed by atoms with Crippen LogP contribution in [0, 0.1) is 12.7 Å². The fourth-order valence-corrected chi connectivity index (χ4v) is 3.30. The third-order valence-electron chi connectivity index (χ3n) is 3.32. The van der Waals surface area contributed by atoms with Crippen LogP contribution in [-0.2, 0) is 0 Å². The molecule has 0 fully saturated rings. The summed E-state index contributed by atoms with van der Waals surface area (Å²) in [6.07, 6.45) is 0.861. The van der Waals surface area contributed by atoms with Gasteiger partial charge in [0.15, 0.2) is 0 Å². The molecule has 106 valence electrons. The smallest absolute Gasteiger partial charge is 0.123 e. The molecule has 0 radical (unpaired) electrons. The van der Waals surface area contributed by atoms with E-state index in [0.29, 0.717) is 0 Å². The fourth-order valence-electron chi connectivity index (χ4n) is 2.06. The highest BCUT2D eigenvalue weighted by atomic mass is 32.2. The van der Waals surface area contributed by atoms with Crippen molar-refractivity contribution in [3.63, 3.8) is 0 Å². The maximum absolute atomic E-state index is 13.4. The molecule has 0 aliphatic heterocycles. The van der Waals surface area contributed by atoms with E-state index in [-0.39, 0.29) is 17.1 Å². The van der Waals surface area contributed by atoms with Crippen molar-refractivity contribution in [1.82, 2.24) is 0 Å². The Morgan fingerprint density at radius 3 is 2.45 bits per heavy atom. The van der Waals surface area contributed by atoms with Crippen LogP contribution in [0.2, 0.25) is 0 Å². The van der Waals surface area contributed by atoms with E-state index in [1.165, 1.54) is 11.6 Å². The zero-order chi connectivity index (χ0) is 14.5. The van der Waals surface area contributed by atoms with Gasteiger partial charge in [0.1, 0.15) is 5.82 Å². The topological polar surface area (TPSA) is 26.0 Å². The van der Waals surface area contributed by atoms with Gasteiger partial charge >= 0.3 is 0 Å². The van der Waals surface area contributed by atoms with Crippen LogP contribution in [0.15, 0.2) is 53.4 Å². The molecular formula is C17H20FNS. The lowest BCUT2D eigenvalue weighted by molar-refractivity contribution is 0.610. The van der Waals surface area contributed by atoms with Gasteiger partial charge in [-0.1, -0.05) is 36.8 Å². The van der Waals surface area contributed by atoms with Crippen LogP contribution < -0.4 is 5.73 Å². The van der Waals surface area contributed by atoms with Gasteiger partial charge in [-0.25, -0.2) is 4.39 Å². The summed E-state index contributed by atoms with van der Waals surface area (Å²) >= 11 is 1.70. The molecule has 0 aliphatic rings. The maximum Gasteiger partial charge on any atom is 0.123 e. The minimum atomic E-state index is -0.208. The van der Waals surface area contributed by atoms with Gasteiger partial charge in [0, 0.05) is 16.2 Å². The van der Waals surface area contributed by atoms with E-state index in [9.17, 15) is 4.39 Å². The molecule has 0 aliphatic carbocycles. The molecule has 2 atom stereocenters. The highest BCUT2D eigenvalue weighted by Gasteiger charge is 2.20. The molecule has 3 heteroatoms. The molecule has 2 aromatic rings. The van der Waals surface area contributed by atoms with Gasteiger partial charge in [0.2, 0.25) is 0 Å². The molecule has 0 saturated heterocycles. The molecule has 0 aromatic heterocycles.